The lowest BCUT2D eigenvalue weighted by molar-refractivity contribution is 0.392. The number of benzene rings is 1. The van der Waals surface area contributed by atoms with Crippen molar-refractivity contribution in [1.82, 2.24) is 9.71 Å². The third-order valence-electron chi connectivity index (χ3n) is 2.87. The number of thiazole rings is 1. The number of anilines is 1. The van der Waals surface area contributed by atoms with E-state index in [1.165, 1.54) is 31.6 Å². The first-order chi connectivity index (χ1) is 10.5. The third-order valence-corrected chi connectivity index (χ3v) is 5.20. The standard InChI is InChI=1S/C13H17N3O4S2/c1-14-13-16-9(8-21-13)7-15-22(17,18)12-6-10(19-2)4-5-11(12)20-3/h4-6,8,15H,7H2,1-3H3,(H,14,16). The number of ether oxygens (including phenoxy) is 2. The van der Waals surface area contributed by atoms with E-state index < -0.39 is 10.0 Å². The van der Waals surface area contributed by atoms with Crippen LogP contribution in [0.3, 0.4) is 0 Å². The second-order valence-electron chi connectivity index (χ2n) is 4.24. The minimum absolute atomic E-state index is 0.0263. The van der Waals surface area contributed by atoms with Crippen LogP contribution in [0.15, 0.2) is 28.5 Å². The smallest absolute Gasteiger partial charge is 0.244 e. The van der Waals surface area contributed by atoms with Crippen LogP contribution in [0, 0.1) is 0 Å². The van der Waals surface area contributed by atoms with E-state index in [4.69, 9.17) is 9.47 Å². The topological polar surface area (TPSA) is 89.6 Å². The lowest BCUT2D eigenvalue weighted by Crippen LogP contribution is -2.24. The minimum atomic E-state index is -3.74. The molecule has 2 rings (SSSR count). The zero-order valence-electron chi connectivity index (χ0n) is 12.4. The molecule has 0 saturated heterocycles. The van der Waals surface area contributed by atoms with E-state index in [2.05, 4.69) is 15.0 Å². The predicted octanol–water partition coefficient (Wildman–Crippen LogP) is 1.68. The van der Waals surface area contributed by atoms with Crippen LogP contribution in [0.2, 0.25) is 0 Å². The van der Waals surface area contributed by atoms with Gasteiger partial charge in [0, 0.05) is 18.5 Å². The van der Waals surface area contributed by atoms with Crippen LogP contribution in [0.1, 0.15) is 5.69 Å². The molecule has 0 saturated carbocycles. The first-order valence-corrected chi connectivity index (χ1v) is 8.70. The number of hydrogen-bond acceptors (Lipinski definition) is 7. The molecule has 0 radical (unpaired) electrons. The van der Waals surface area contributed by atoms with E-state index in [1.807, 2.05) is 0 Å². The molecule has 0 spiro atoms. The first kappa shape index (κ1) is 16.5. The highest BCUT2D eigenvalue weighted by Crippen LogP contribution is 2.28. The van der Waals surface area contributed by atoms with Crippen LogP contribution < -0.4 is 19.5 Å². The second-order valence-corrected chi connectivity index (χ2v) is 6.83. The largest absolute Gasteiger partial charge is 0.497 e. The van der Waals surface area contributed by atoms with E-state index in [0.29, 0.717) is 11.4 Å². The van der Waals surface area contributed by atoms with Gasteiger partial charge in [-0.3, -0.25) is 0 Å². The van der Waals surface area contributed by atoms with Crippen molar-refractivity contribution in [3.05, 3.63) is 29.3 Å². The van der Waals surface area contributed by atoms with Crippen molar-refractivity contribution in [1.29, 1.82) is 0 Å². The summed E-state index contributed by atoms with van der Waals surface area (Å²) in [6, 6.07) is 4.61. The second kappa shape index (κ2) is 6.95. The summed E-state index contributed by atoms with van der Waals surface area (Å²) in [5, 5.41) is 5.42. The van der Waals surface area contributed by atoms with Crippen LogP contribution in [-0.2, 0) is 16.6 Å². The molecule has 0 aliphatic heterocycles. The summed E-state index contributed by atoms with van der Waals surface area (Å²) >= 11 is 1.41. The van der Waals surface area contributed by atoms with Crippen molar-refractivity contribution in [3.63, 3.8) is 0 Å². The molecule has 120 valence electrons. The number of aromatic nitrogens is 1. The zero-order chi connectivity index (χ0) is 16.2. The van der Waals surface area contributed by atoms with Gasteiger partial charge in [0.05, 0.1) is 26.5 Å². The molecule has 0 unspecified atom stereocenters. The van der Waals surface area contributed by atoms with E-state index in [1.54, 1.807) is 24.6 Å². The van der Waals surface area contributed by atoms with Crippen LogP contribution in [0.5, 0.6) is 11.5 Å². The highest BCUT2D eigenvalue weighted by atomic mass is 32.2. The molecule has 0 fully saturated rings. The third kappa shape index (κ3) is 3.67. The number of methoxy groups -OCH3 is 2. The summed E-state index contributed by atoms with van der Waals surface area (Å²) in [5.74, 6) is 0.690. The summed E-state index contributed by atoms with van der Waals surface area (Å²) in [6.07, 6.45) is 0. The molecule has 1 aromatic carbocycles. The van der Waals surface area contributed by atoms with Gasteiger partial charge < -0.3 is 14.8 Å². The van der Waals surface area contributed by atoms with Crippen LogP contribution in [0.25, 0.3) is 0 Å². The first-order valence-electron chi connectivity index (χ1n) is 6.34. The number of sulfonamides is 1. The normalized spacial score (nSPS) is 11.2. The molecule has 0 atom stereocenters. The molecule has 0 amide bonds. The van der Waals surface area contributed by atoms with E-state index in [-0.39, 0.29) is 17.2 Å². The Morgan fingerprint density at radius 3 is 2.64 bits per heavy atom. The Morgan fingerprint density at radius 1 is 1.27 bits per heavy atom. The van der Waals surface area contributed by atoms with Gasteiger partial charge in [-0.2, -0.15) is 0 Å². The van der Waals surface area contributed by atoms with Crippen molar-refractivity contribution in [2.75, 3.05) is 26.6 Å². The fourth-order valence-electron chi connectivity index (χ4n) is 1.74. The maximum Gasteiger partial charge on any atom is 0.244 e. The van der Waals surface area contributed by atoms with Gasteiger partial charge in [-0.25, -0.2) is 18.1 Å². The van der Waals surface area contributed by atoms with Crippen LogP contribution in [0.4, 0.5) is 5.13 Å². The molecule has 0 aliphatic rings. The molecular formula is C13H17N3O4S2. The van der Waals surface area contributed by atoms with Gasteiger partial charge in [0.1, 0.15) is 16.4 Å². The highest BCUT2D eigenvalue weighted by molar-refractivity contribution is 7.89. The average molecular weight is 343 g/mol. The SMILES string of the molecule is CNc1nc(CNS(=O)(=O)c2cc(OC)ccc2OC)cs1. The summed E-state index contributed by atoms with van der Waals surface area (Å²) < 4.78 is 37.6. The lowest BCUT2D eigenvalue weighted by atomic mass is 10.3. The Morgan fingerprint density at radius 2 is 2.05 bits per heavy atom. The van der Waals surface area contributed by atoms with Crippen molar-refractivity contribution < 1.29 is 17.9 Å². The Labute approximate surface area is 133 Å². The Hall–Kier alpha value is -1.84. The highest BCUT2D eigenvalue weighted by Gasteiger charge is 2.20. The summed E-state index contributed by atoms with van der Waals surface area (Å²) in [7, 11) is 0.905. The van der Waals surface area contributed by atoms with Gasteiger partial charge in [0.25, 0.3) is 0 Å². The van der Waals surface area contributed by atoms with Gasteiger partial charge in [0.2, 0.25) is 10.0 Å². The molecule has 7 nitrogen and oxygen atoms in total. The predicted molar refractivity (Wildman–Crippen MR) is 85.2 cm³/mol. The molecule has 9 heteroatoms. The number of nitrogens with zero attached hydrogens (tertiary/aromatic N) is 1. The van der Waals surface area contributed by atoms with Crippen molar-refractivity contribution in [3.8, 4) is 11.5 Å². The Bertz CT molecular complexity index is 743. The van der Waals surface area contributed by atoms with Gasteiger partial charge in [-0.05, 0) is 12.1 Å². The number of rotatable bonds is 7. The molecule has 1 aromatic heterocycles. The van der Waals surface area contributed by atoms with Crippen molar-refractivity contribution in [2.24, 2.45) is 0 Å². The zero-order valence-corrected chi connectivity index (χ0v) is 14.0. The lowest BCUT2D eigenvalue weighted by Gasteiger charge is -2.11. The summed E-state index contributed by atoms with van der Waals surface area (Å²) in [5.41, 5.74) is 0.639. The monoisotopic (exact) mass is 343 g/mol. The quantitative estimate of drug-likeness (QED) is 0.795. The fourth-order valence-corrected chi connectivity index (χ4v) is 3.60. The van der Waals surface area contributed by atoms with Crippen LogP contribution >= 0.6 is 11.3 Å². The van der Waals surface area contributed by atoms with E-state index >= 15 is 0 Å². The van der Waals surface area contributed by atoms with Crippen molar-refractivity contribution in [2.45, 2.75) is 11.4 Å². The van der Waals surface area contributed by atoms with E-state index in [0.717, 1.165) is 5.13 Å². The summed E-state index contributed by atoms with van der Waals surface area (Å²) in [6.45, 7) is 0.0981. The molecule has 1 heterocycles. The van der Waals surface area contributed by atoms with Crippen molar-refractivity contribution >= 4 is 26.5 Å². The molecule has 0 bridgehead atoms. The fraction of sp³-hybridized carbons (Fsp3) is 0.308. The average Bonchev–Trinajstić information content (AvgIpc) is 3.00. The minimum Gasteiger partial charge on any atom is -0.497 e. The maximum absolute atomic E-state index is 12.4. The summed E-state index contributed by atoms with van der Waals surface area (Å²) in [4.78, 5) is 4.25. The van der Waals surface area contributed by atoms with Gasteiger partial charge in [0.15, 0.2) is 5.13 Å². The Balaban J connectivity index is 2.22. The van der Waals surface area contributed by atoms with Gasteiger partial charge in [-0.1, -0.05) is 0 Å². The molecule has 2 N–H and O–H groups in total. The number of hydrogen-bond donors (Lipinski definition) is 2. The van der Waals surface area contributed by atoms with Gasteiger partial charge in [-0.15, -0.1) is 11.3 Å². The maximum atomic E-state index is 12.4. The van der Waals surface area contributed by atoms with Gasteiger partial charge >= 0.3 is 0 Å². The molecule has 22 heavy (non-hydrogen) atoms. The number of nitrogens with one attached hydrogen (secondary N) is 2. The molecular weight excluding hydrogens is 326 g/mol. The van der Waals surface area contributed by atoms with E-state index in [9.17, 15) is 8.42 Å². The van der Waals surface area contributed by atoms with Crippen LogP contribution in [-0.4, -0.2) is 34.7 Å². The molecule has 0 aliphatic carbocycles. The Kier molecular flexibility index (Phi) is 5.22. The molecule has 2 aromatic rings.